The molecule has 2 fully saturated rings. The fourth-order valence-corrected chi connectivity index (χ4v) is 3.53. The minimum Gasteiger partial charge on any atom is -0.380 e. The fourth-order valence-electron chi connectivity index (χ4n) is 3.53. The van der Waals surface area contributed by atoms with Crippen molar-refractivity contribution in [2.45, 2.75) is 57.9 Å². The van der Waals surface area contributed by atoms with Gasteiger partial charge in [0.2, 0.25) is 0 Å². The van der Waals surface area contributed by atoms with Crippen LogP contribution >= 0.6 is 0 Å². The van der Waals surface area contributed by atoms with E-state index in [0.717, 1.165) is 32.2 Å². The van der Waals surface area contributed by atoms with Crippen LogP contribution in [0.25, 0.3) is 0 Å². The van der Waals surface area contributed by atoms with Crippen molar-refractivity contribution in [3.8, 4) is 0 Å². The van der Waals surface area contributed by atoms with Crippen LogP contribution in [0, 0.1) is 5.92 Å². The van der Waals surface area contributed by atoms with Gasteiger partial charge in [0, 0.05) is 38.3 Å². The molecule has 19 heavy (non-hydrogen) atoms. The molecule has 0 atom stereocenters. The molecule has 0 aromatic heterocycles. The summed E-state index contributed by atoms with van der Waals surface area (Å²) < 4.78 is 5.82. The van der Waals surface area contributed by atoms with Crippen LogP contribution in [-0.2, 0) is 4.74 Å². The van der Waals surface area contributed by atoms with Crippen molar-refractivity contribution in [1.29, 1.82) is 0 Å². The second kappa shape index (κ2) is 7.61. The molecule has 1 spiro atoms. The minimum absolute atomic E-state index is 0.456. The lowest BCUT2D eigenvalue weighted by Gasteiger charge is -2.50. The summed E-state index contributed by atoms with van der Waals surface area (Å²) in [5.41, 5.74) is 0.456. The number of ether oxygens (including phenoxy) is 1. The highest BCUT2D eigenvalue weighted by molar-refractivity contribution is 4.97. The van der Waals surface area contributed by atoms with Crippen molar-refractivity contribution >= 4 is 0 Å². The van der Waals surface area contributed by atoms with Crippen LogP contribution < -0.4 is 5.32 Å². The SMILES string of the molecule is CC(C)CCOCCN1CCNCC12CCCCC2. The van der Waals surface area contributed by atoms with E-state index in [1.165, 1.54) is 51.6 Å². The second-order valence-corrected chi connectivity index (χ2v) is 6.74. The van der Waals surface area contributed by atoms with E-state index in [2.05, 4.69) is 24.1 Å². The van der Waals surface area contributed by atoms with E-state index in [1.54, 1.807) is 0 Å². The van der Waals surface area contributed by atoms with E-state index >= 15 is 0 Å². The number of hydrogen-bond acceptors (Lipinski definition) is 3. The summed E-state index contributed by atoms with van der Waals surface area (Å²) in [5.74, 6) is 0.754. The van der Waals surface area contributed by atoms with Gasteiger partial charge in [0.25, 0.3) is 0 Å². The lowest BCUT2D eigenvalue weighted by Crippen LogP contribution is -2.62. The first kappa shape index (κ1) is 15.3. The van der Waals surface area contributed by atoms with Gasteiger partial charge in [-0.2, -0.15) is 0 Å². The molecule has 0 aromatic carbocycles. The van der Waals surface area contributed by atoms with Gasteiger partial charge in [-0.1, -0.05) is 33.1 Å². The van der Waals surface area contributed by atoms with Crippen LogP contribution in [0.2, 0.25) is 0 Å². The van der Waals surface area contributed by atoms with Crippen LogP contribution in [-0.4, -0.2) is 49.8 Å². The number of piperazine rings is 1. The van der Waals surface area contributed by atoms with Crippen LogP contribution in [0.1, 0.15) is 52.4 Å². The van der Waals surface area contributed by atoms with Gasteiger partial charge in [-0.15, -0.1) is 0 Å². The normalized spacial score (nSPS) is 24.2. The Bertz CT molecular complexity index is 241. The van der Waals surface area contributed by atoms with Crippen molar-refractivity contribution in [2.24, 2.45) is 5.92 Å². The highest BCUT2D eigenvalue weighted by Gasteiger charge is 2.39. The fraction of sp³-hybridized carbons (Fsp3) is 1.00. The molecule has 1 saturated carbocycles. The molecule has 1 aliphatic heterocycles. The molecule has 0 radical (unpaired) electrons. The van der Waals surface area contributed by atoms with Gasteiger partial charge in [-0.05, 0) is 25.2 Å². The molecule has 3 nitrogen and oxygen atoms in total. The van der Waals surface area contributed by atoms with Crippen molar-refractivity contribution in [3.05, 3.63) is 0 Å². The topological polar surface area (TPSA) is 24.5 Å². The Labute approximate surface area is 119 Å². The molecule has 0 amide bonds. The highest BCUT2D eigenvalue weighted by atomic mass is 16.5. The summed E-state index contributed by atoms with van der Waals surface area (Å²) in [6.45, 7) is 11.0. The summed E-state index contributed by atoms with van der Waals surface area (Å²) in [7, 11) is 0. The molecule has 2 aliphatic rings. The number of nitrogens with one attached hydrogen (secondary N) is 1. The molecule has 0 aromatic rings. The number of hydrogen-bond donors (Lipinski definition) is 1. The quantitative estimate of drug-likeness (QED) is 0.750. The molecule has 1 N–H and O–H groups in total. The molecule has 2 rings (SSSR count). The van der Waals surface area contributed by atoms with Crippen molar-refractivity contribution < 1.29 is 4.74 Å². The maximum Gasteiger partial charge on any atom is 0.0593 e. The summed E-state index contributed by atoms with van der Waals surface area (Å²) in [6.07, 6.45) is 8.20. The van der Waals surface area contributed by atoms with E-state index < -0.39 is 0 Å². The lowest BCUT2D eigenvalue weighted by atomic mass is 9.79. The molecular weight excluding hydrogens is 236 g/mol. The van der Waals surface area contributed by atoms with Crippen LogP contribution in [0.4, 0.5) is 0 Å². The van der Waals surface area contributed by atoms with E-state index in [0.29, 0.717) is 5.54 Å². The third-order valence-electron chi connectivity index (χ3n) is 4.81. The van der Waals surface area contributed by atoms with Gasteiger partial charge < -0.3 is 10.1 Å². The number of nitrogens with zero attached hydrogens (tertiary/aromatic N) is 1. The molecule has 3 heteroatoms. The molecule has 112 valence electrons. The Morgan fingerprint density at radius 3 is 2.68 bits per heavy atom. The van der Waals surface area contributed by atoms with E-state index in [9.17, 15) is 0 Å². The van der Waals surface area contributed by atoms with Gasteiger partial charge >= 0.3 is 0 Å². The maximum atomic E-state index is 5.82. The zero-order chi connectivity index (χ0) is 13.6. The highest BCUT2D eigenvalue weighted by Crippen LogP contribution is 2.34. The van der Waals surface area contributed by atoms with Gasteiger partial charge in [-0.25, -0.2) is 0 Å². The molecular formula is C16H32N2O. The van der Waals surface area contributed by atoms with E-state index in [1.807, 2.05) is 0 Å². The minimum atomic E-state index is 0.456. The van der Waals surface area contributed by atoms with Crippen molar-refractivity contribution in [1.82, 2.24) is 10.2 Å². The first-order valence-electron chi connectivity index (χ1n) is 8.26. The Kier molecular flexibility index (Phi) is 6.11. The van der Waals surface area contributed by atoms with Crippen LogP contribution in [0.3, 0.4) is 0 Å². The van der Waals surface area contributed by atoms with Crippen LogP contribution in [0.5, 0.6) is 0 Å². The van der Waals surface area contributed by atoms with Gasteiger partial charge in [-0.3, -0.25) is 4.90 Å². The Hall–Kier alpha value is -0.120. The standard InChI is InChI=1S/C16H32N2O/c1-15(2)6-12-19-13-11-18-10-9-17-14-16(18)7-4-3-5-8-16/h15,17H,3-14H2,1-2H3. The summed E-state index contributed by atoms with van der Waals surface area (Å²) >= 11 is 0. The third-order valence-corrected chi connectivity index (χ3v) is 4.81. The molecule has 1 aliphatic carbocycles. The predicted octanol–water partition coefficient (Wildman–Crippen LogP) is 2.66. The van der Waals surface area contributed by atoms with Gasteiger partial charge in [0.1, 0.15) is 0 Å². The molecule has 0 unspecified atom stereocenters. The summed E-state index contributed by atoms with van der Waals surface area (Å²) in [4.78, 5) is 2.72. The first-order chi connectivity index (χ1) is 9.23. The predicted molar refractivity (Wildman–Crippen MR) is 80.5 cm³/mol. The van der Waals surface area contributed by atoms with Gasteiger partial charge in [0.15, 0.2) is 0 Å². The smallest absolute Gasteiger partial charge is 0.0593 e. The monoisotopic (exact) mass is 268 g/mol. The zero-order valence-corrected chi connectivity index (χ0v) is 12.9. The summed E-state index contributed by atoms with van der Waals surface area (Å²) in [5, 5.41) is 3.61. The van der Waals surface area contributed by atoms with Crippen molar-refractivity contribution in [3.63, 3.8) is 0 Å². The van der Waals surface area contributed by atoms with E-state index in [4.69, 9.17) is 4.74 Å². The average Bonchev–Trinajstić information content (AvgIpc) is 2.41. The Morgan fingerprint density at radius 2 is 1.95 bits per heavy atom. The van der Waals surface area contributed by atoms with E-state index in [-0.39, 0.29) is 0 Å². The first-order valence-corrected chi connectivity index (χ1v) is 8.26. The molecule has 0 bridgehead atoms. The van der Waals surface area contributed by atoms with Gasteiger partial charge in [0.05, 0.1) is 6.61 Å². The molecule has 1 saturated heterocycles. The summed E-state index contributed by atoms with van der Waals surface area (Å²) in [6, 6.07) is 0. The average molecular weight is 268 g/mol. The Morgan fingerprint density at radius 1 is 1.16 bits per heavy atom. The lowest BCUT2D eigenvalue weighted by molar-refractivity contribution is 0.00115. The number of rotatable bonds is 6. The Balaban J connectivity index is 1.73. The third kappa shape index (κ3) is 4.44. The van der Waals surface area contributed by atoms with Crippen molar-refractivity contribution in [2.75, 3.05) is 39.4 Å². The zero-order valence-electron chi connectivity index (χ0n) is 12.9. The van der Waals surface area contributed by atoms with Crippen LogP contribution in [0.15, 0.2) is 0 Å². The maximum absolute atomic E-state index is 5.82. The second-order valence-electron chi connectivity index (χ2n) is 6.74. The largest absolute Gasteiger partial charge is 0.380 e. The molecule has 1 heterocycles.